The Morgan fingerprint density at radius 2 is 1.36 bits per heavy atom. The number of ether oxygens (including phenoxy) is 1. The highest BCUT2D eigenvalue weighted by atomic mass is 16.5. The maximum atomic E-state index is 9.52. The zero-order valence-corrected chi connectivity index (χ0v) is 15.5. The average molecular weight is 341 g/mol. The van der Waals surface area contributed by atoms with E-state index in [1.807, 2.05) is 42.5 Å². The Labute approximate surface area is 152 Å². The summed E-state index contributed by atoms with van der Waals surface area (Å²) in [7, 11) is 0. The molecule has 2 nitrogen and oxygen atoms in total. The first-order valence-corrected chi connectivity index (χ1v) is 9.80. The van der Waals surface area contributed by atoms with Crippen molar-refractivity contribution < 1.29 is 9.84 Å². The number of phenols is 1. The average Bonchev–Trinajstić information content (AvgIpc) is 2.64. The van der Waals surface area contributed by atoms with Crippen molar-refractivity contribution in [2.24, 2.45) is 0 Å². The number of hydrogen-bond acceptors (Lipinski definition) is 2. The van der Waals surface area contributed by atoms with E-state index in [4.69, 9.17) is 4.74 Å². The van der Waals surface area contributed by atoms with Gasteiger partial charge in [-0.3, -0.25) is 0 Å². The van der Waals surface area contributed by atoms with Crippen LogP contribution >= 0.6 is 0 Å². The molecule has 0 aliphatic carbocycles. The van der Waals surface area contributed by atoms with Crippen LogP contribution in [-0.4, -0.2) is 5.11 Å². The molecule has 2 heteroatoms. The van der Waals surface area contributed by atoms with Gasteiger partial charge in [-0.15, -0.1) is 0 Å². The fourth-order valence-corrected chi connectivity index (χ4v) is 3.11. The molecular weight excluding hydrogens is 308 g/mol. The minimum absolute atomic E-state index is 0.0445. The maximum absolute atomic E-state index is 9.52. The van der Waals surface area contributed by atoms with Gasteiger partial charge in [-0.05, 0) is 42.7 Å². The number of para-hydroxylation sites is 1. The number of aromatic hydroxyl groups is 1. The van der Waals surface area contributed by atoms with E-state index in [1.54, 1.807) is 12.1 Å². The van der Waals surface area contributed by atoms with E-state index in [0.29, 0.717) is 5.75 Å². The van der Waals surface area contributed by atoms with Gasteiger partial charge in [0.15, 0.2) is 0 Å². The topological polar surface area (TPSA) is 29.5 Å². The van der Waals surface area contributed by atoms with E-state index in [9.17, 15) is 5.11 Å². The molecule has 0 fully saturated rings. The SMILES string of the molecule is CCCCCCCCCCC(Oc1ccccc1)c1ccc(O)cc1. The lowest BCUT2D eigenvalue weighted by atomic mass is 10.0. The van der Waals surface area contributed by atoms with Crippen LogP contribution in [0.5, 0.6) is 11.5 Å². The quantitative estimate of drug-likeness (QED) is 0.420. The molecule has 1 atom stereocenters. The lowest BCUT2D eigenvalue weighted by Gasteiger charge is -2.20. The molecule has 0 amide bonds. The molecule has 0 bridgehead atoms. The Bertz CT molecular complexity index is 562. The summed E-state index contributed by atoms with van der Waals surface area (Å²) in [4.78, 5) is 0. The summed E-state index contributed by atoms with van der Waals surface area (Å²) in [5.74, 6) is 1.20. The summed E-state index contributed by atoms with van der Waals surface area (Å²) in [6.45, 7) is 2.26. The fourth-order valence-electron chi connectivity index (χ4n) is 3.11. The lowest BCUT2D eigenvalue weighted by molar-refractivity contribution is 0.190. The number of phenolic OH excluding ortho intramolecular Hbond substituents is 1. The number of rotatable bonds is 12. The minimum atomic E-state index is 0.0445. The third kappa shape index (κ3) is 7.64. The Hall–Kier alpha value is -1.96. The van der Waals surface area contributed by atoms with Gasteiger partial charge in [0.2, 0.25) is 0 Å². The monoisotopic (exact) mass is 340 g/mol. The van der Waals surface area contributed by atoms with Crippen molar-refractivity contribution in [2.45, 2.75) is 70.8 Å². The van der Waals surface area contributed by atoms with Gasteiger partial charge in [-0.1, -0.05) is 82.2 Å². The molecule has 136 valence electrons. The van der Waals surface area contributed by atoms with Crippen molar-refractivity contribution in [1.82, 2.24) is 0 Å². The van der Waals surface area contributed by atoms with Crippen molar-refractivity contribution in [3.05, 3.63) is 60.2 Å². The highest BCUT2D eigenvalue weighted by Gasteiger charge is 2.13. The van der Waals surface area contributed by atoms with Crippen LogP contribution in [0.15, 0.2) is 54.6 Å². The molecule has 0 aromatic heterocycles. The Morgan fingerprint density at radius 1 is 0.760 bits per heavy atom. The summed E-state index contributed by atoms with van der Waals surface area (Å²) < 4.78 is 6.22. The summed E-state index contributed by atoms with van der Waals surface area (Å²) in [5.41, 5.74) is 1.13. The zero-order chi connectivity index (χ0) is 17.7. The number of benzene rings is 2. The fraction of sp³-hybridized carbons (Fsp3) is 0.478. The van der Waals surface area contributed by atoms with Gasteiger partial charge in [-0.2, -0.15) is 0 Å². The predicted molar refractivity (Wildman–Crippen MR) is 105 cm³/mol. The minimum Gasteiger partial charge on any atom is -0.508 e. The smallest absolute Gasteiger partial charge is 0.124 e. The first-order chi connectivity index (χ1) is 12.3. The molecule has 2 rings (SSSR count). The first kappa shape index (κ1) is 19.4. The molecule has 0 radical (unpaired) electrons. The standard InChI is InChI=1S/C23H32O2/c1-2-3-4-5-6-7-8-12-15-23(20-16-18-21(24)19-17-20)25-22-13-10-9-11-14-22/h9-11,13-14,16-19,23-24H,2-8,12,15H2,1H3. The van der Waals surface area contributed by atoms with Crippen molar-refractivity contribution in [1.29, 1.82) is 0 Å². The molecule has 1 N–H and O–H groups in total. The Kier molecular flexibility index (Phi) is 8.96. The molecular formula is C23H32O2. The molecule has 0 heterocycles. The lowest BCUT2D eigenvalue weighted by Crippen LogP contribution is -2.07. The molecule has 0 saturated carbocycles. The zero-order valence-electron chi connectivity index (χ0n) is 15.5. The van der Waals surface area contributed by atoms with E-state index in [-0.39, 0.29) is 6.10 Å². The largest absolute Gasteiger partial charge is 0.508 e. The Morgan fingerprint density at radius 3 is 2.00 bits per heavy atom. The normalized spacial score (nSPS) is 12.0. The van der Waals surface area contributed by atoms with Crippen molar-refractivity contribution in [3.8, 4) is 11.5 Å². The summed E-state index contributed by atoms with van der Waals surface area (Å²) in [6.07, 6.45) is 11.6. The second kappa shape index (κ2) is 11.6. The van der Waals surface area contributed by atoms with Crippen LogP contribution in [0.25, 0.3) is 0 Å². The van der Waals surface area contributed by atoms with E-state index < -0.39 is 0 Å². The van der Waals surface area contributed by atoms with E-state index >= 15 is 0 Å². The predicted octanol–water partition coefficient (Wildman–Crippen LogP) is 7.04. The molecule has 2 aromatic rings. The second-order valence-electron chi connectivity index (χ2n) is 6.77. The van der Waals surface area contributed by atoms with Crippen LogP contribution in [-0.2, 0) is 0 Å². The molecule has 0 spiro atoms. The highest BCUT2D eigenvalue weighted by molar-refractivity contribution is 5.29. The molecule has 0 aliphatic rings. The van der Waals surface area contributed by atoms with Crippen LogP contribution in [0.4, 0.5) is 0 Å². The molecule has 0 saturated heterocycles. The van der Waals surface area contributed by atoms with Gasteiger partial charge in [0.1, 0.15) is 17.6 Å². The van der Waals surface area contributed by atoms with Crippen LogP contribution in [0.3, 0.4) is 0 Å². The first-order valence-electron chi connectivity index (χ1n) is 9.80. The van der Waals surface area contributed by atoms with Crippen molar-refractivity contribution in [2.75, 3.05) is 0 Å². The molecule has 25 heavy (non-hydrogen) atoms. The van der Waals surface area contributed by atoms with Crippen LogP contribution < -0.4 is 4.74 Å². The van der Waals surface area contributed by atoms with Gasteiger partial charge in [0.05, 0.1) is 0 Å². The van der Waals surface area contributed by atoms with Gasteiger partial charge >= 0.3 is 0 Å². The van der Waals surface area contributed by atoms with Crippen molar-refractivity contribution >= 4 is 0 Å². The van der Waals surface area contributed by atoms with Gasteiger partial charge in [0, 0.05) is 0 Å². The van der Waals surface area contributed by atoms with E-state index in [1.165, 1.54) is 51.4 Å². The Balaban J connectivity index is 1.81. The number of unbranched alkanes of at least 4 members (excludes halogenated alkanes) is 7. The highest BCUT2D eigenvalue weighted by Crippen LogP contribution is 2.28. The van der Waals surface area contributed by atoms with Crippen molar-refractivity contribution in [3.63, 3.8) is 0 Å². The summed E-state index contributed by atoms with van der Waals surface area (Å²) >= 11 is 0. The van der Waals surface area contributed by atoms with Gasteiger partial charge in [0.25, 0.3) is 0 Å². The van der Waals surface area contributed by atoms with Gasteiger partial charge in [-0.25, -0.2) is 0 Å². The summed E-state index contributed by atoms with van der Waals surface area (Å²) in [5, 5.41) is 9.52. The van der Waals surface area contributed by atoms with E-state index in [2.05, 4.69) is 6.92 Å². The van der Waals surface area contributed by atoms with Crippen LogP contribution in [0.2, 0.25) is 0 Å². The van der Waals surface area contributed by atoms with Crippen LogP contribution in [0, 0.1) is 0 Å². The number of hydrogen-bond donors (Lipinski definition) is 1. The third-order valence-corrected chi connectivity index (χ3v) is 4.61. The molecule has 2 aromatic carbocycles. The third-order valence-electron chi connectivity index (χ3n) is 4.61. The molecule has 0 aliphatic heterocycles. The van der Waals surface area contributed by atoms with E-state index in [0.717, 1.165) is 17.7 Å². The van der Waals surface area contributed by atoms with Crippen LogP contribution in [0.1, 0.15) is 76.4 Å². The second-order valence-corrected chi connectivity index (χ2v) is 6.77. The maximum Gasteiger partial charge on any atom is 0.124 e. The molecule has 1 unspecified atom stereocenters. The summed E-state index contributed by atoms with van der Waals surface area (Å²) in [6, 6.07) is 17.4. The van der Waals surface area contributed by atoms with Gasteiger partial charge < -0.3 is 9.84 Å².